The smallest absolute Gasteiger partial charge is 0.208 e. The molecule has 72 valence electrons. The second-order valence-electron chi connectivity index (χ2n) is 2.79. The molecule has 1 saturated heterocycles. The van der Waals surface area contributed by atoms with Crippen LogP contribution in [0.1, 0.15) is 6.42 Å². The third-order valence-electron chi connectivity index (χ3n) is 2.08. The van der Waals surface area contributed by atoms with Crippen LogP contribution in [0.15, 0.2) is 4.99 Å². The van der Waals surface area contributed by atoms with Crippen LogP contribution in [0.4, 0.5) is 0 Å². The van der Waals surface area contributed by atoms with Crippen LogP contribution >= 0.6 is 11.8 Å². The maximum atomic E-state index is 8.44. The van der Waals surface area contributed by atoms with Gasteiger partial charge in [-0.15, -0.1) is 4.99 Å². The largest absolute Gasteiger partial charge is 0.380 e. The van der Waals surface area contributed by atoms with Crippen LogP contribution in [-0.2, 0) is 4.74 Å². The van der Waals surface area contributed by atoms with Crippen molar-refractivity contribution < 1.29 is 4.74 Å². The summed E-state index contributed by atoms with van der Waals surface area (Å²) in [6.07, 6.45) is 5.04. The van der Waals surface area contributed by atoms with Crippen LogP contribution < -0.4 is 0 Å². The molecular formula is C8H13N3OS. The number of likely N-dealkylation sites (tertiary alicyclic amines) is 1. The number of amidine groups is 1. The van der Waals surface area contributed by atoms with Crippen molar-refractivity contribution in [3.63, 3.8) is 0 Å². The molecule has 1 fully saturated rings. The summed E-state index contributed by atoms with van der Waals surface area (Å²) >= 11 is 1.50. The van der Waals surface area contributed by atoms with Crippen molar-refractivity contribution in [2.75, 3.05) is 26.5 Å². The van der Waals surface area contributed by atoms with E-state index in [1.165, 1.54) is 11.8 Å². The number of hydrogen-bond donors (Lipinski definition) is 0. The van der Waals surface area contributed by atoms with Gasteiger partial charge in [-0.25, -0.2) is 0 Å². The maximum Gasteiger partial charge on any atom is 0.208 e. The fourth-order valence-corrected chi connectivity index (χ4v) is 1.94. The molecular weight excluding hydrogens is 186 g/mol. The average molecular weight is 199 g/mol. The molecule has 0 saturated carbocycles. The molecule has 0 aromatic carbocycles. The van der Waals surface area contributed by atoms with Gasteiger partial charge < -0.3 is 9.64 Å². The first kappa shape index (κ1) is 10.4. The summed E-state index contributed by atoms with van der Waals surface area (Å²) in [4.78, 5) is 5.83. The fraction of sp³-hybridized carbons (Fsp3) is 0.750. The van der Waals surface area contributed by atoms with Gasteiger partial charge in [0, 0.05) is 20.2 Å². The van der Waals surface area contributed by atoms with Crippen molar-refractivity contribution in [1.29, 1.82) is 5.26 Å². The van der Waals surface area contributed by atoms with E-state index in [9.17, 15) is 0 Å². The highest BCUT2D eigenvalue weighted by Crippen LogP contribution is 2.16. The Morgan fingerprint density at radius 1 is 1.77 bits per heavy atom. The van der Waals surface area contributed by atoms with E-state index >= 15 is 0 Å². The molecule has 13 heavy (non-hydrogen) atoms. The quantitative estimate of drug-likeness (QED) is 0.358. The molecule has 1 aliphatic rings. The van der Waals surface area contributed by atoms with E-state index in [1.54, 1.807) is 7.11 Å². The predicted octanol–water partition coefficient (Wildman–Crippen LogP) is 0.907. The highest BCUT2D eigenvalue weighted by molar-refractivity contribution is 8.13. The molecule has 0 radical (unpaired) electrons. The number of thioether (sulfide) groups is 1. The lowest BCUT2D eigenvalue weighted by Crippen LogP contribution is -2.27. The number of nitrogens with zero attached hydrogens (tertiary/aromatic N) is 3. The Labute approximate surface area is 82.6 Å². The van der Waals surface area contributed by atoms with E-state index in [4.69, 9.17) is 10.00 Å². The van der Waals surface area contributed by atoms with Gasteiger partial charge in [0.1, 0.15) is 0 Å². The normalized spacial score (nSPS) is 23.3. The summed E-state index contributed by atoms with van der Waals surface area (Å²) in [6, 6.07) is 0. The Balaban J connectivity index is 2.54. The Kier molecular flexibility index (Phi) is 4.06. The van der Waals surface area contributed by atoms with Gasteiger partial charge in [0.05, 0.1) is 6.10 Å². The van der Waals surface area contributed by atoms with Gasteiger partial charge in [-0.1, -0.05) is 11.8 Å². The van der Waals surface area contributed by atoms with Crippen molar-refractivity contribution >= 4 is 16.9 Å². The standard InChI is InChI=1S/C8H13N3OS/c1-12-7-3-4-11(5-7)8(13-2)10-6-9/h7H,3-5H2,1-2H3. The van der Waals surface area contributed by atoms with Crippen LogP contribution in [0.2, 0.25) is 0 Å². The topological polar surface area (TPSA) is 48.6 Å². The molecule has 5 heteroatoms. The van der Waals surface area contributed by atoms with Gasteiger partial charge in [0.2, 0.25) is 6.19 Å². The number of aliphatic imine (C=N–C) groups is 1. The molecule has 1 rings (SSSR count). The lowest BCUT2D eigenvalue weighted by atomic mass is 10.3. The lowest BCUT2D eigenvalue weighted by Gasteiger charge is -2.17. The first-order valence-electron chi connectivity index (χ1n) is 4.10. The Bertz CT molecular complexity index is 236. The van der Waals surface area contributed by atoms with Crippen LogP contribution in [-0.4, -0.2) is 42.6 Å². The minimum atomic E-state index is 0.288. The highest BCUT2D eigenvalue weighted by Gasteiger charge is 2.24. The van der Waals surface area contributed by atoms with Crippen LogP contribution in [0.25, 0.3) is 0 Å². The monoisotopic (exact) mass is 199 g/mol. The molecule has 1 heterocycles. The fourth-order valence-electron chi connectivity index (χ4n) is 1.38. The second-order valence-corrected chi connectivity index (χ2v) is 3.56. The summed E-state index contributed by atoms with van der Waals surface area (Å²) in [5.74, 6) is 0. The summed E-state index contributed by atoms with van der Waals surface area (Å²) in [6.45, 7) is 1.78. The summed E-state index contributed by atoms with van der Waals surface area (Å²) in [5, 5.41) is 9.24. The highest BCUT2D eigenvalue weighted by atomic mass is 32.2. The van der Waals surface area contributed by atoms with E-state index in [2.05, 4.69) is 9.89 Å². The summed E-state index contributed by atoms with van der Waals surface area (Å²) in [7, 11) is 1.72. The lowest BCUT2D eigenvalue weighted by molar-refractivity contribution is 0.114. The maximum absolute atomic E-state index is 8.44. The molecule has 0 N–H and O–H groups in total. The predicted molar refractivity (Wildman–Crippen MR) is 53.6 cm³/mol. The van der Waals surface area contributed by atoms with Crippen molar-refractivity contribution in [3.05, 3.63) is 0 Å². The molecule has 1 aliphatic heterocycles. The molecule has 0 spiro atoms. The molecule has 0 bridgehead atoms. The number of rotatable bonds is 1. The second kappa shape index (κ2) is 5.10. The Morgan fingerprint density at radius 2 is 2.54 bits per heavy atom. The number of hydrogen-bond acceptors (Lipinski definition) is 4. The van der Waals surface area contributed by atoms with Gasteiger partial charge in [0.25, 0.3) is 0 Å². The SMILES string of the molecule is COC1CCN(C(=NC#N)SC)C1. The first-order valence-corrected chi connectivity index (χ1v) is 5.32. The zero-order valence-electron chi connectivity index (χ0n) is 7.86. The van der Waals surface area contributed by atoms with E-state index in [-0.39, 0.29) is 6.10 Å². The molecule has 0 amide bonds. The minimum Gasteiger partial charge on any atom is -0.380 e. The van der Waals surface area contributed by atoms with Crippen molar-refractivity contribution in [2.24, 2.45) is 4.99 Å². The van der Waals surface area contributed by atoms with Crippen molar-refractivity contribution in [3.8, 4) is 6.19 Å². The number of ether oxygens (including phenoxy) is 1. The van der Waals surface area contributed by atoms with E-state index in [0.29, 0.717) is 0 Å². The van der Waals surface area contributed by atoms with Gasteiger partial charge in [-0.05, 0) is 12.7 Å². The Hall–Kier alpha value is -0.730. The van der Waals surface area contributed by atoms with Gasteiger partial charge in [-0.2, -0.15) is 5.26 Å². The molecule has 4 nitrogen and oxygen atoms in total. The third kappa shape index (κ3) is 2.61. The summed E-state index contributed by atoms with van der Waals surface area (Å²) in [5.41, 5.74) is 0. The van der Waals surface area contributed by atoms with Gasteiger partial charge in [0.15, 0.2) is 5.17 Å². The third-order valence-corrected chi connectivity index (χ3v) is 2.79. The Morgan fingerprint density at radius 3 is 3.00 bits per heavy atom. The van der Waals surface area contributed by atoms with Crippen LogP contribution in [0.3, 0.4) is 0 Å². The van der Waals surface area contributed by atoms with E-state index in [1.807, 2.05) is 12.4 Å². The van der Waals surface area contributed by atoms with Crippen LogP contribution in [0.5, 0.6) is 0 Å². The number of methoxy groups -OCH3 is 1. The molecule has 0 aromatic heterocycles. The molecule has 1 atom stereocenters. The van der Waals surface area contributed by atoms with Crippen LogP contribution in [0, 0.1) is 11.5 Å². The van der Waals surface area contributed by atoms with E-state index < -0.39 is 0 Å². The summed E-state index contributed by atoms with van der Waals surface area (Å²) < 4.78 is 5.23. The zero-order chi connectivity index (χ0) is 9.68. The van der Waals surface area contributed by atoms with E-state index in [0.717, 1.165) is 24.7 Å². The van der Waals surface area contributed by atoms with Crippen molar-refractivity contribution in [2.45, 2.75) is 12.5 Å². The molecule has 1 unspecified atom stereocenters. The minimum absolute atomic E-state index is 0.288. The first-order chi connectivity index (χ1) is 6.31. The van der Waals surface area contributed by atoms with Gasteiger partial charge in [-0.3, -0.25) is 0 Å². The van der Waals surface area contributed by atoms with Gasteiger partial charge >= 0.3 is 0 Å². The number of nitriles is 1. The zero-order valence-corrected chi connectivity index (χ0v) is 8.67. The average Bonchev–Trinajstić information content (AvgIpc) is 2.62. The molecule has 0 aromatic rings. The molecule has 0 aliphatic carbocycles. The van der Waals surface area contributed by atoms with Crippen molar-refractivity contribution in [1.82, 2.24) is 4.90 Å².